The summed E-state index contributed by atoms with van der Waals surface area (Å²) in [5.41, 5.74) is 7.33. The van der Waals surface area contributed by atoms with E-state index in [1.54, 1.807) is 12.1 Å². The van der Waals surface area contributed by atoms with Crippen molar-refractivity contribution in [2.24, 2.45) is 5.10 Å². The largest absolute Gasteiger partial charge is 0.465 e. The first-order chi connectivity index (χ1) is 16.7. The Morgan fingerprint density at radius 3 is 2.63 bits per heavy atom. The van der Waals surface area contributed by atoms with Gasteiger partial charge in [0.2, 0.25) is 0 Å². The van der Waals surface area contributed by atoms with Crippen LogP contribution in [0.2, 0.25) is 0 Å². The molecule has 0 aliphatic heterocycles. The van der Waals surface area contributed by atoms with Crippen LogP contribution in [0.3, 0.4) is 0 Å². The lowest BCUT2D eigenvalue weighted by Crippen LogP contribution is -2.16. The standard InChI is InChI=1S/C25H22N4O6/c1-14-10-18(16(3)28(14)21-7-5-6-20(15(21)2)25(31)34-4)13-26-27-24(30)23-12-17-11-19(29(32)33)8-9-22(17)35-23/h5-13H,1-4H3,(H,27,30)/b26-13+. The molecule has 4 rings (SSSR count). The summed E-state index contributed by atoms with van der Waals surface area (Å²) in [5, 5.41) is 15.4. The highest BCUT2D eigenvalue weighted by molar-refractivity contribution is 5.97. The fourth-order valence-corrected chi connectivity index (χ4v) is 3.96. The second-order valence-electron chi connectivity index (χ2n) is 7.89. The molecule has 0 saturated carbocycles. The van der Waals surface area contributed by atoms with Crippen molar-refractivity contribution in [1.82, 2.24) is 9.99 Å². The second kappa shape index (κ2) is 9.26. The van der Waals surface area contributed by atoms with Gasteiger partial charge in [0, 0.05) is 40.2 Å². The van der Waals surface area contributed by atoms with Gasteiger partial charge in [0.25, 0.3) is 5.69 Å². The number of hydrogen-bond acceptors (Lipinski definition) is 7. The normalized spacial score (nSPS) is 11.2. The smallest absolute Gasteiger partial charge is 0.338 e. The van der Waals surface area contributed by atoms with Gasteiger partial charge in [-0.2, -0.15) is 5.10 Å². The van der Waals surface area contributed by atoms with Gasteiger partial charge in [0.15, 0.2) is 5.76 Å². The molecule has 0 radical (unpaired) electrons. The molecular weight excluding hydrogens is 452 g/mol. The van der Waals surface area contributed by atoms with Gasteiger partial charge < -0.3 is 13.7 Å². The molecule has 35 heavy (non-hydrogen) atoms. The van der Waals surface area contributed by atoms with E-state index in [9.17, 15) is 19.7 Å². The van der Waals surface area contributed by atoms with Crippen LogP contribution in [0.4, 0.5) is 5.69 Å². The third-order valence-electron chi connectivity index (χ3n) is 5.73. The molecule has 0 spiro atoms. The van der Waals surface area contributed by atoms with Gasteiger partial charge in [-0.25, -0.2) is 10.2 Å². The summed E-state index contributed by atoms with van der Waals surface area (Å²) < 4.78 is 12.3. The minimum atomic E-state index is -0.587. The summed E-state index contributed by atoms with van der Waals surface area (Å²) in [6, 6.07) is 12.9. The van der Waals surface area contributed by atoms with Crippen LogP contribution in [0, 0.1) is 30.9 Å². The third-order valence-corrected chi connectivity index (χ3v) is 5.73. The number of nitro groups is 1. The SMILES string of the molecule is COC(=O)c1cccc(-n2c(C)cc(/C=N/NC(=O)c3cc4cc([N+](=O)[O-])ccc4o3)c2C)c1C. The molecule has 1 amide bonds. The van der Waals surface area contributed by atoms with Crippen LogP contribution in [-0.2, 0) is 4.74 Å². The predicted octanol–water partition coefficient (Wildman–Crippen LogP) is 4.61. The number of hydrogen-bond donors (Lipinski definition) is 1. The van der Waals surface area contributed by atoms with E-state index in [0.717, 1.165) is 28.2 Å². The van der Waals surface area contributed by atoms with E-state index in [-0.39, 0.29) is 11.4 Å². The van der Waals surface area contributed by atoms with Crippen LogP contribution >= 0.6 is 0 Å². The maximum Gasteiger partial charge on any atom is 0.338 e. The Kier molecular flexibility index (Phi) is 6.20. The number of methoxy groups -OCH3 is 1. The van der Waals surface area contributed by atoms with Gasteiger partial charge in [-0.1, -0.05) is 6.07 Å². The Morgan fingerprint density at radius 2 is 1.91 bits per heavy atom. The van der Waals surface area contributed by atoms with Crippen molar-refractivity contribution in [2.45, 2.75) is 20.8 Å². The lowest BCUT2D eigenvalue weighted by molar-refractivity contribution is -0.384. The Balaban J connectivity index is 1.56. The fraction of sp³-hybridized carbons (Fsp3) is 0.160. The summed E-state index contributed by atoms with van der Waals surface area (Å²) in [7, 11) is 1.35. The zero-order chi connectivity index (χ0) is 25.3. The number of rotatable bonds is 6. The van der Waals surface area contributed by atoms with E-state index in [0.29, 0.717) is 16.5 Å². The molecule has 2 aromatic carbocycles. The second-order valence-corrected chi connectivity index (χ2v) is 7.89. The lowest BCUT2D eigenvalue weighted by atomic mass is 10.1. The lowest BCUT2D eigenvalue weighted by Gasteiger charge is -2.15. The van der Waals surface area contributed by atoms with Crippen molar-refractivity contribution in [2.75, 3.05) is 7.11 Å². The van der Waals surface area contributed by atoms with Crippen LogP contribution in [-0.4, -0.2) is 34.7 Å². The highest BCUT2D eigenvalue weighted by Gasteiger charge is 2.17. The molecule has 178 valence electrons. The Bertz CT molecular complexity index is 1510. The molecule has 1 N–H and O–H groups in total. The number of nitro benzene ring substituents is 1. The molecule has 0 aliphatic rings. The van der Waals surface area contributed by atoms with Gasteiger partial charge in [0.05, 0.1) is 23.8 Å². The van der Waals surface area contributed by atoms with E-state index < -0.39 is 16.8 Å². The van der Waals surface area contributed by atoms with Gasteiger partial charge in [-0.05, 0) is 56.7 Å². The number of esters is 1. The van der Waals surface area contributed by atoms with Gasteiger partial charge in [-0.3, -0.25) is 14.9 Å². The molecule has 10 nitrogen and oxygen atoms in total. The maximum absolute atomic E-state index is 12.5. The molecule has 0 bridgehead atoms. The van der Waals surface area contributed by atoms with Crippen molar-refractivity contribution in [3.63, 3.8) is 0 Å². The maximum atomic E-state index is 12.5. The van der Waals surface area contributed by atoms with Crippen LogP contribution < -0.4 is 5.43 Å². The van der Waals surface area contributed by atoms with Crippen molar-refractivity contribution in [3.8, 4) is 5.69 Å². The van der Waals surface area contributed by atoms with Crippen LogP contribution in [0.25, 0.3) is 16.7 Å². The highest BCUT2D eigenvalue weighted by atomic mass is 16.6. The molecule has 0 atom stereocenters. The van der Waals surface area contributed by atoms with Crippen molar-refractivity contribution in [3.05, 3.63) is 92.5 Å². The number of benzene rings is 2. The van der Waals surface area contributed by atoms with Crippen molar-refractivity contribution in [1.29, 1.82) is 0 Å². The minimum Gasteiger partial charge on any atom is -0.465 e. The van der Waals surface area contributed by atoms with Gasteiger partial charge in [-0.15, -0.1) is 0 Å². The summed E-state index contributed by atoms with van der Waals surface area (Å²) in [6.45, 7) is 5.70. The number of carbonyl (C=O) groups is 2. The average Bonchev–Trinajstić information content (AvgIpc) is 3.38. The predicted molar refractivity (Wildman–Crippen MR) is 129 cm³/mol. The number of nitrogens with one attached hydrogen (secondary N) is 1. The summed E-state index contributed by atoms with van der Waals surface area (Å²) in [6.07, 6.45) is 1.52. The summed E-state index contributed by atoms with van der Waals surface area (Å²) in [5.74, 6) is -1.01. The van der Waals surface area contributed by atoms with E-state index in [1.807, 2.05) is 37.5 Å². The Hall–Kier alpha value is -4.73. The topological polar surface area (TPSA) is 129 Å². The number of nitrogens with zero attached hydrogens (tertiary/aromatic N) is 3. The van der Waals surface area contributed by atoms with Crippen molar-refractivity contribution >= 4 is 34.7 Å². The average molecular weight is 474 g/mol. The van der Waals surface area contributed by atoms with E-state index in [4.69, 9.17) is 9.15 Å². The first-order valence-corrected chi connectivity index (χ1v) is 10.6. The third kappa shape index (κ3) is 4.41. The number of ether oxygens (including phenoxy) is 1. The molecular formula is C25H22N4O6. The van der Waals surface area contributed by atoms with E-state index in [1.165, 1.54) is 37.6 Å². The number of hydrazone groups is 1. The van der Waals surface area contributed by atoms with E-state index in [2.05, 4.69) is 10.5 Å². The number of aromatic nitrogens is 1. The Morgan fingerprint density at radius 1 is 1.14 bits per heavy atom. The number of fused-ring (bicyclic) bond motifs is 1. The van der Waals surface area contributed by atoms with Crippen LogP contribution in [0.1, 0.15) is 43.4 Å². The zero-order valence-electron chi connectivity index (χ0n) is 19.5. The van der Waals surface area contributed by atoms with Gasteiger partial charge in [0.1, 0.15) is 5.58 Å². The number of furan rings is 1. The number of non-ortho nitro benzene ring substituents is 1. The number of carbonyl (C=O) groups excluding carboxylic acids is 2. The quantitative estimate of drug-likeness (QED) is 0.188. The molecule has 2 aromatic heterocycles. The van der Waals surface area contributed by atoms with Crippen LogP contribution in [0.15, 0.2) is 58.0 Å². The van der Waals surface area contributed by atoms with E-state index >= 15 is 0 Å². The molecule has 0 fully saturated rings. The highest BCUT2D eigenvalue weighted by Crippen LogP contribution is 2.26. The molecule has 0 unspecified atom stereocenters. The number of aryl methyl sites for hydroxylation is 1. The monoisotopic (exact) mass is 474 g/mol. The van der Waals surface area contributed by atoms with Crippen molar-refractivity contribution < 1.29 is 23.7 Å². The Labute approximate surface area is 200 Å². The molecule has 10 heteroatoms. The minimum absolute atomic E-state index is 0.0154. The molecule has 0 aliphatic carbocycles. The summed E-state index contributed by atoms with van der Waals surface area (Å²) >= 11 is 0. The molecule has 4 aromatic rings. The first kappa shape index (κ1) is 23.4. The molecule has 2 heterocycles. The first-order valence-electron chi connectivity index (χ1n) is 10.6. The number of amides is 1. The van der Waals surface area contributed by atoms with Gasteiger partial charge >= 0.3 is 11.9 Å². The molecule has 0 saturated heterocycles. The zero-order valence-corrected chi connectivity index (χ0v) is 19.5. The van der Waals surface area contributed by atoms with Crippen LogP contribution in [0.5, 0.6) is 0 Å². The fourth-order valence-electron chi connectivity index (χ4n) is 3.96. The summed E-state index contributed by atoms with van der Waals surface area (Å²) in [4.78, 5) is 35.0.